The molecule has 0 spiro atoms. The highest BCUT2D eigenvalue weighted by molar-refractivity contribution is 9.09. The van der Waals surface area contributed by atoms with Gasteiger partial charge in [-0.3, -0.25) is 0 Å². The lowest BCUT2D eigenvalue weighted by Crippen LogP contribution is -2.06. The van der Waals surface area contributed by atoms with Gasteiger partial charge in [-0.1, -0.05) is 46.8 Å². The Kier molecular flexibility index (Phi) is 14.3. The molecular formula is C12H24BrClO2. The van der Waals surface area contributed by atoms with Crippen molar-refractivity contribution >= 4 is 27.5 Å². The van der Waals surface area contributed by atoms with Crippen molar-refractivity contribution in [2.24, 2.45) is 0 Å². The lowest BCUT2D eigenvalue weighted by Gasteiger charge is -2.10. The zero-order chi connectivity index (χ0) is 12.1. The molecule has 1 atom stereocenters. The maximum Gasteiger partial charge on any atom is 0.131 e. The number of aliphatic hydroxyl groups excluding tert-OH is 1. The Morgan fingerprint density at radius 3 is 2.38 bits per heavy atom. The molecule has 4 heteroatoms. The topological polar surface area (TPSA) is 29.5 Å². The van der Waals surface area contributed by atoms with Gasteiger partial charge in [0, 0.05) is 18.5 Å². The molecule has 0 saturated heterocycles. The van der Waals surface area contributed by atoms with E-state index in [9.17, 15) is 0 Å². The van der Waals surface area contributed by atoms with Crippen LogP contribution < -0.4 is 0 Å². The Morgan fingerprint density at radius 2 is 1.69 bits per heavy atom. The summed E-state index contributed by atoms with van der Waals surface area (Å²) < 4.78 is 5.49. The molecule has 2 nitrogen and oxygen atoms in total. The molecule has 0 aliphatic rings. The van der Waals surface area contributed by atoms with Gasteiger partial charge in [-0.2, -0.15) is 0 Å². The summed E-state index contributed by atoms with van der Waals surface area (Å²) in [5.74, 6) is 0. The third-order valence-electron chi connectivity index (χ3n) is 2.42. The fourth-order valence-electron chi connectivity index (χ4n) is 1.44. The number of aliphatic hydroxyl groups is 1. The molecule has 1 N–H and O–H groups in total. The molecule has 0 heterocycles. The van der Waals surface area contributed by atoms with Gasteiger partial charge >= 0.3 is 0 Å². The fraction of sp³-hybridized carbons (Fsp3) is 1.00. The van der Waals surface area contributed by atoms with Crippen LogP contribution in [-0.2, 0) is 4.74 Å². The van der Waals surface area contributed by atoms with Crippen molar-refractivity contribution in [3.8, 4) is 0 Å². The van der Waals surface area contributed by atoms with Crippen molar-refractivity contribution < 1.29 is 9.84 Å². The first-order chi connectivity index (χ1) is 7.81. The van der Waals surface area contributed by atoms with Crippen molar-refractivity contribution in [3.63, 3.8) is 0 Å². The number of hydrogen-bond acceptors (Lipinski definition) is 2. The number of hydrogen-bond donors (Lipinski definition) is 1. The predicted octanol–water partition coefficient (Wildman–Crippen LogP) is 4.08. The second kappa shape index (κ2) is 13.8. The Balaban J connectivity index is 3.08. The molecular weight excluding hydrogens is 291 g/mol. The number of alkyl halides is 2. The lowest BCUT2D eigenvalue weighted by atomic mass is 10.2. The molecule has 0 radical (unpaired) electrons. The molecule has 0 aliphatic heterocycles. The van der Waals surface area contributed by atoms with Gasteiger partial charge in [-0.15, -0.1) is 0 Å². The minimum atomic E-state index is -0.144. The highest BCUT2D eigenvalue weighted by atomic mass is 79.9. The Hall–Kier alpha value is 0.690. The van der Waals surface area contributed by atoms with Crippen LogP contribution in [0.1, 0.15) is 51.4 Å². The zero-order valence-electron chi connectivity index (χ0n) is 9.97. The van der Waals surface area contributed by atoms with Gasteiger partial charge in [0.2, 0.25) is 0 Å². The minimum Gasteiger partial charge on any atom is -0.396 e. The Bertz CT molecular complexity index is 136. The number of ether oxygens (including phenoxy) is 1. The van der Waals surface area contributed by atoms with Crippen LogP contribution in [0.15, 0.2) is 0 Å². The van der Waals surface area contributed by atoms with E-state index < -0.39 is 0 Å². The standard InChI is InChI=1S/C12H24BrClO2/c13-9-5-1-2-7-11-16-12(14)8-4-3-6-10-15/h12,15H,1-11H2. The van der Waals surface area contributed by atoms with Gasteiger partial charge in [0.05, 0.1) is 0 Å². The summed E-state index contributed by atoms with van der Waals surface area (Å²) in [4.78, 5) is 0. The second-order valence-electron chi connectivity index (χ2n) is 3.96. The number of unbranched alkanes of at least 4 members (excludes halogenated alkanes) is 5. The van der Waals surface area contributed by atoms with Gasteiger partial charge in [0.25, 0.3) is 0 Å². The highest BCUT2D eigenvalue weighted by Crippen LogP contribution is 2.11. The minimum absolute atomic E-state index is 0.144. The summed E-state index contributed by atoms with van der Waals surface area (Å²) in [6.45, 7) is 1.05. The van der Waals surface area contributed by atoms with Crippen LogP contribution >= 0.6 is 27.5 Å². The summed E-state index contributed by atoms with van der Waals surface area (Å²) in [5.41, 5.74) is -0.144. The van der Waals surface area contributed by atoms with Crippen molar-refractivity contribution in [1.29, 1.82) is 0 Å². The van der Waals surface area contributed by atoms with Gasteiger partial charge in [0.15, 0.2) is 0 Å². The van der Waals surface area contributed by atoms with E-state index in [4.69, 9.17) is 21.4 Å². The van der Waals surface area contributed by atoms with Crippen LogP contribution in [0.4, 0.5) is 0 Å². The van der Waals surface area contributed by atoms with E-state index in [0.29, 0.717) is 0 Å². The Labute approximate surface area is 113 Å². The molecule has 0 aromatic rings. The predicted molar refractivity (Wildman–Crippen MR) is 73.4 cm³/mol. The maximum atomic E-state index is 8.61. The molecule has 16 heavy (non-hydrogen) atoms. The van der Waals surface area contributed by atoms with Gasteiger partial charge in [0.1, 0.15) is 5.56 Å². The SMILES string of the molecule is OCCCCCC(Cl)OCCCCCCBr. The van der Waals surface area contributed by atoms with E-state index in [1.807, 2.05) is 0 Å². The molecule has 0 amide bonds. The summed E-state index contributed by atoms with van der Waals surface area (Å²) in [6.07, 6.45) is 8.67. The van der Waals surface area contributed by atoms with Crippen molar-refractivity contribution in [1.82, 2.24) is 0 Å². The summed E-state index contributed by atoms with van der Waals surface area (Å²) in [6, 6.07) is 0. The normalized spacial score (nSPS) is 12.9. The monoisotopic (exact) mass is 314 g/mol. The molecule has 0 aromatic carbocycles. The molecule has 0 aliphatic carbocycles. The fourth-order valence-corrected chi connectivity index (χ4v) is 2.08. The van der Waals surface area contributed by atoms with Gasteiger partial charge < -0.3 is 9.84 Å². The van der Waals surface area contributed by atoms with Crippen LogP contribution in [0, 0.1) is 0 Å². The van der Waals surface area contributed by atoms with E-state index >= 15 is 0 Å². The molecule has 0 aromatic heterocycles. The van der Waals surface area contributed by atoms with E-state index in [0.717, 1.165) is 44.0 Å². The molecule has 0 bridgehead atoms. The van der Waals surface area contributed by atoms with Crippen molar-refractivity contribution in [2.75, 3.05) is 18.5 Å². The first-order valence-electron chi connectivity index (χ1n) is 6.23. The molecule has 1 unspecified atom stereocenters. The van der Waals surface area contributed by atoms with E-state index in [-0.39, 0.29) is 12.2 Å². The average molecular weight is 316 g/mol. The van der Waals surface area contributed by atoms with Crippen LogP contribution in [-0.4, -0.2) is 29.2 Å². The second-order valence-corrected chi connectivity index (χ2v) is 5.24. The summed E-state index contributed by atoms with van der Waals surface area (Å²) in [5, 5.41) is 9.70. The molecule has 98 valence electrons. The van der Waals surface area contributed by atoms with Gasteiger partial charge in [-0.25, -0.2) is 0 Å². The van der Waals surface area contributed by atoms with Crippen LogP contribution in [0.5, 0.6) is 0 Å². The largest absolute Gasteiger partial charge is 0.396 e. The first-order valence-corrected chi connectivity index (χ1v) is 7.79. The first kappa shape index (κ1) is 16.7. The Morgan fingerprint density at radius 1 is 1.00 bits per heavy atom. The molecule has 0 fully saturated rings. The molecule has 0 saturated carbocycles. The van der Waals surface area contributed by atoms with Gasteiger partial charge in [-0.05, 0) is 32.1 Å². The zero-order valence-corrected chi connectivity index (χ0v) is 12.3. The van der Waals surface area contributed by atoms with E-state index in [1.54, 1.807) is 0 Å². The maximum absolute atomic E-state index is 8.61. The lowest BCUT2D eigenvalue weighted by molar-refractivity contribution is 0.0961. The molecule has 0 rings (SSSR count). The number of halogens is 2. The van der Waals surface area contributed by atoms with E-state index in [2.05, 4.69) is 15.9 Å². The van der Waals surface area contributed by atoms with Crippen molar-refractivity contribution in [3.05, 3.63) is 0 Å². The average Bonchev–Trinajstić information content (AvgIpc) is 2.29. The smallest absolute Gasteiger partial charge is 0.131 e. The summed E-state index contributed by atoms with van der Waals surface area (Å²) >= 11 is 9.42. The quantitative estimate of drug-likeness (QED) is 0.434. The van der Waals surface area contributed by atoms with E-state index in [1.165, 1.54) is 19.3 Å². The van der Waals surface area contributed by atoms with Crippen LogP contribution in [0.3, 0.4) is 0 Å². The van der Waals surface area contributed by atoms with Crippen LogP contribution in [0.25, 0.3) is 0 Å². The van der Waals surface area contributed by atoms with Crippen molar-refractivity contribution in [2.45, 2.75) is 56.9 Å². The third kappa shape index (κ3) is 12.8. The highest BCUT2D eigenvalue weighted by Gasteiger charge is 2.03. The third-order valence-corrected chi connectivity index (χ3v) is 3.32. The number of rotatable bonds is 12. The summed E-state index contributed by atoms with van der Waals surface area (Å²) in [7, 11) is 0. The van der Waals surface area contributed by atoms with Crippen LogP contribution in [0.2, 0.25) is 0 Å².